The molecule has 12 heteroatoms. The fourth-order valence-corrected chi connectivity index (χ4v) is 4.55. The van der Waals surface area contributed by atoms with Gasteiger partial charge < -0.3 is 14.2 Å². The highest BCUT2D eigenvalue weighted by Crippen LogP contribution is 2.44. The average molecular weight is 545 g/mol. The normalized spacial score (nSPS) is 23.2. The molecule has 1 aliphatic heterocycles. The van der Waals surface area contributed by atoms with E-state index in [-0.39, 0.29) is 33.8 Å². The van der Waals surface area contributed by atoms with E-state index in [0.29, 0.717) is 5.56 Å². The fourth-order valence-electron chi connectivity index (χ4n) is 4.13. The molecule has 0 spiro atoms. The van der Waals surface area contributed by atoms with E-state index in [0.717, 1.165) is 0 Å². The van der Waals surface area contributed by atoms with Crippen molar-refractivity contribution in [2.24, 2.45) is 0 Å². The summed E-state index contributed by atoms with van der Waals surface area (Å²) in [5.74, 6) is -1.40. The van der Waals surface area contributed by atoms with Crippen LogP contribution in [-0.4, -0.2) is 55.9 Å². The number of aromatic nitrogens is 4. The van der Waals surface area contributed by atoms with E-state index in [1.165, 1.54) is 17.8 Å². The van der Waals surface area contributed by atoms with E-state index in [1.54, 1.807) is 60.7 Å². The third kappa shape index (κ3) is 4.87. The Kier molecular flexibility index (Phi) is 6.80. The zero-order valence-corrected chi connectivity index (χ0v) is 20.8. The summed E-state index contributed by atoms with van der Waals surface area (Å²) in [7, 11) is 0. The standard InChI is InChI=1S/C25H19Cl2FN4O5/c1-25(28)18(37-22(34)15-10-6-3-7-11-15)16(12-35-21(33)14-8-4-2-5-9-14)36-23(25)32-13-29-17-19(26)30-24(27)31-20(17)32/h2-11,13,16,18,23H,12H2,1H3/t16-,18-,23-,25-/m1/s1. The van der Waals surface area contributed by atoms with E-state index >= 15 is 4.39 Å². The van der Waals surface area contributed by atoms with Crippen molar-refractivity contribution >= 4 is 46.3 Å². The second-order valence-corrected chi connectivity index (χ2v) is 9.14. The minimum atomic E-state index is -2.31. The number of ether oxygens (including phenoxy) is 3. The summed E-state index contributed by atoms with van der Waals surface area (Å²) in [4.78, 5) is 37.5. The monoisotopic (exact) mass is 544 g/mol. The Morgan fingerprint density at radius 3 is 2.30 bits per heavy atom. The van der Waals surface area contributed by atoms with Crippen molar-refractivity contribution in [3.63, 3.8) is 0 Å². The highest BCUT2D eigenvalue weighted by Gasteiger charge is 2.58. The van der Waals surface area contributed by atoms with Gasteiger partial charge in [0, 0.05) is 0 Å². The Morgan fingerprint density at radius 1 is 1.03 bits per heavy atom. The van der Waals surface area contributed by atoms with Gasteiger partial charge in [-0.2, -0.15) is 4.98 Å². The van der Waals surface area contributed by atoms with Crippen LogP contribution in [0.25, 0.3) is 11.2 Å². The number of rotatable bonds is 6. The van der Waals surface area contributed by atoms with Gasteiger partial charge in [0.15, 0.2) is 28.8 Å². The lowest BCUT2D eigenvalue weighted by molar-refractivity contribution is -0.0611. The fraction of sp³-hybridized carbons (Fsp3) is 0.240. The number of benzene rings is 2. The summed E-state index contributed by atoms with van der Waals surface area (Å²) in [6.07, 6.45) is -2.73. The topological polar surface area (TPSA) is 105 Å². The van der Waals surface area contributed by atoms with E-state index in [9.17, 15) is 9.59 Å². The van der Waals surface area contributed by atoms with E-state index < -0.39 is 36.0 Å². The number of fused-ring (bicyclic) bond motifs is 1. The highest BCUT2D eigenvalue weighted by molar-refractivity contribution is 6.35. The molecule has 9 nitrogen and oxygen atoms in total. The molecular weight excluding hydrogens is 526 g/mol. The van der Waals surface area contributed by atoms with Gasteiger partial charge in [-0.25, -0.2) is 23.9 Å². The lowest BCUT2D eigenvalue weighted by atomic mass is 9.98. The Morgan fingerprint density at radius 2 is 1.65 bits per heavy atom. The molecule has 0 N–H and O–H groups in total. The first-order chi connectivity index (χ1) is 17.8. The number of imidazole rings is 1. The molecular formula is C25H19Cl2FN4O5. The summed E-state index contributed by atoms with van der Waals surface area (Å²) in [6.45, 7) is 0.829. The van der Waals surface area contributed by atoms with Gasteiger partial charge in [-0.05, 0) is 42.8 Å². The summed E-state index contributed by atoms with van der Waals surface area (Å²) in [6, 6.07) is 16.4. The number of carbonyl (C=O) groups excluding carboxylic acids is 2. The number of carbonyl (C=O) groups is 2. The molecule has 0 amide bonds. The number of halogens is 3. The third-order valence-electron chi connectivity index (χ3n) is 5.92. The van der Waals surface area contributed by atoms with Gasteiger partial charge in [-0.15, -0.1) is 0 Å². The van der Waals surface area contributed by atoms with Gasteiger partial charge in [0.25, 0.3) is 0 Å². The number of hydrogen-bond donors (Lipinski definition) is 0. The number of esters is 2. The zero-order valence-electron chi connectivity index (χ0n) is 19.3. The Labute approximate surface area is 220 Å². The highest BCUT2D eigenvalue weighted by atomic mass is 35.5. The van der Waals surface area contributed by atoms with Crippen LogP contribution in [0.2, 0.25) is 10.4 Å². The smallest absolute Gasteiger partial charge is 0.338 e. The predicted molar refractivity (Wildman–Crippen MR) is 131 cm³/mol. The maximum absolute atomic E-state index is 16.5. The van der Waals surface area contributed by atoms with Crippen LogP contribution in [0.5, 0.6) is 0 Å². The minimum absolute atomic E-state index is 0.0206. The van der Waals surface area contributed by atoms with Crippen molar-refractivity contribution in [3.8, 4) is 0 Å². The molecule has 190 valence electrons. The van der Waals surface area contributed by atoms with Crippen LogP contribution in [0.4, 0.5) is 4.39 Å². The van der Waals surface area contributed by atoms with Crippen LogP contribution in [0, 0.1) is 0 Å². The van der Waals surface area contributed by atoms with Gasteiger partial charge in [-0.1, -0.05) is 48.0 Å². The number of nitrogens with zero attached hydrogens (tertiary/aromatic N) is 4. The molecule has 1 aliphatic rings. The zero-order chi connectivity index (χ0) is 26.2. The molecule has 4 atom stereocenters. The average Bonchev–Trinajstić information content (AvgIpc) is 3.41. The van der Waals surface area contributed by atoms with Crippen LogP contribution in [0.3, 0.4) is 0 Å². The molecule has 0 saturated carbocycles. The van der Waals surface area contributed by atoms with Crippen molar-refractivity contribution in [2.75, 3.05) is 6.61 Å². The molecule has 3 heterocycles. The van der Waals surface area contributed by atoms with Crippen LogP contribution in [0.1, 0.15) is 33.9 Å². The van der Waals surface area contributed by atoms with E-state index in [1.807, 2.05) is 0 Å². The van der Waals surface area contributed by atoms with Crippen molar-refractivity contribution in [1.82, 2.24) is 19.5 Å². The quantitative estimate of drug-likeness (QED) is 0.193. The van der Waals surface area contributed by atoms with Crippen molar-refractivity contribution in [1.29, 1.82) is 0 Å². The summed E-state index contributed by atoms with van der Waals surface area (Å²) >= 11 is 12.1. The largest absolute Gasteiger partial charge is 0.459 e. The van der Waals surface area contributed by atoms with Crippen molar-refractivity contribution < 1.29 is 28.2 Å². The maximum Gasteiger partial charge on any atom is 0.338 e. The molecule has 0 aliphatic carbocycles. The molecule has 0 bridgehead atoms. The number of hydrogen-bond acceptors (Lipinski definition) is 8. The van der Waals surface area contributed by atoms with Crippen LogP contribution < -0.4 is 0 Å². The Balaban J connectivity index is 1.47. The molecule has 0 unspecified atom stereocenters. The molecule has 37 heavy (non-hydrogen) atoms. The van der Waals surface area contributed by atoms with Crippen LogP contribution in [-0.2, 0) is 14.2 Å². The lowest BCUT2D eigenvalue weighted by Gasteiger charge is -2.27. The molecule has 4 aromatic rings. The SMILES string of the molecule is C[C@@]1(F)[C@H](OC(=O)c2ccccc2)[C@@H](COC(=O)c2ccccc2)O[C@H]1n1cnc2c(Cl)nc(Cl)nc21. The third-order valence-corrected chi connectivity index (χ3v) is 6.35. The Hall–Kier alpha value is -3.60. The molecule has 0 radical (unpaired) electrons. The van der Waals surface area contributed by atoms with Crippen LogP contribution in [0.15, 0.2) is 67.0 Å². The van der Waals surface area contributed by atoms with Gasteiger partial charge in [-0.3, -0.25) is 4.57 Å². The van der Waals surface area contributed by atoms with Crippen molar-refractivity contribution in [2.45, 2.75) is 31.0 Å². The second kappa shape index (κ2) is 10.0. The van der Waals surface area contributed by atoms with Gasteiger partial charge >= 0.3 is 11.9 Å². The van der Waals surface area contributed by atoms with Gasteiger partial charge in [0.2, 0.25) is 5.28 Å². The second-order valence-electron chi connectivity index (χ2n) is 8.44. The van der Waals surface area contributed by atoms with Gasteiger partial charge in [0.05, 0.1) is 17.5 Å². The van der Waals surface area contributed by atoms with Crippen molar-refractivity contribution in [3.05, 3.63) is 88.6 Å². The van der Waals surface area contributed by atoms with E-state index in [2.05, 4.69) is 15.0 Å². The summed E-state index contributed by atoms with van der Waals surface area (Å²) in [5, 5.41) is -0.189. The lowest BCUT2D eigenvalue weighted by Crippen LogP contribution is -2.44. The summed E-state index contributed by atoms with van der Waals surface area (Å²) in [5.41, 5.74) is -1.48. The predicted octanol–water partition coefficient (Wildman–Crippen LogP) is 4.84. The molecule has 1 fully saturated rings. The van der Waals surface area contributed by atoms with Gasteiger partial charge in [0.1, 0.15) is 18.2 Å². The number of alkyl halides is 1. The molecule has 5 rings (SSSR count). The first-order valence-electron chi connectivity index (χ1n) is 11.1. The summed E-state index contributed by atoms with van der Waals surface area (Å²) < 4.78 is 34.8. The van der Waals surface area contributed by atoms with E-state index in [4.69, 9.17) is 37.4 Å². The first kappa shape index (κ1) is 25.1. The molecule has 1 saturated heterocycles. The minimum Gasteiger partial charge on any atom is -0.459 e. The molecule has 2 aromatic carbocycles. The Bertz CT molecular complexity index is 1450. The maximum atomic E-state index is 16.5. The first-order valence-corrected chi connectivity index (χ1v) is 11.9. The molecule has 2 aromatic heterocycles. The van der Waals surface area contributed by atoms with Crippen LogP contribution >= 0.6 is 23.2 Å².